The highest BCUT2D eigenvalue weighted by atomic mass is 16.5. The van der Waals surface area contributed by atoms with Gasteiger partial charge in [-0.2, -0.15) is 5.10 Å². The second-order valence-corrected chi connectivity index (χ2v) is 7.95. The maximum atomic E-state index is 13.6. The quantitative estimate of drug-likeness (QED) is 0.455. The Morgan fingerprint density at radius 1 is 1.03 bits per heavy atom. The van der Waals surface area contributed by atoms with Crippen LogP contribution in [0.15, 0.2) is 78.2 Å². The van der Waals surface area contributed by atoms with Gasteiger partial charge in [-0.3, -0.25) is 4.79 Å². The van der Waals surface area contributed by atoms with Crippen LogP contribution in [-0.2, 0) is 7.05 Å². The Morgan fingerprint density at radius 2 is 1.85 bits per heavy atom. The van der Waals surface area contributed by atoms with Crippen molar-refractivity contribution in [2.45, 2.75) is 12.5 Å². The van der Waals surface area contributed by atoms with E-state index >= 15 is 0 Å². The minimum atomic E-state index is -0.259. The highest BCUT2D eigenvalue weighted by Gasteiger charge is 2.35. The molecule has 0 saturated heterocycles. The van der Waals surface area contributed by atoms with Crippen molar-refractivity contribution in [3.05, 3.63) is 89.7 Å². The highest BCUT2D eigenvalue weighted by Crippen LogP contribution is 2.39. The van der Waals surface area contributed by atoms with E-state index in [1.807, 2.05) is 55.6 Å². The van der Waals surface area contributed by atoms with Crippen LogP contribution >= 0.6 is 0 Å². The zero-order valence-corrected chi connectivity index (χ0v) is 18.7. The van der Waals surface area contributed by atoms with Crippen LogP contribution in [0.25, 0.3) is 10.9 Å². The monoisotopic (exact) mass is 440 g/mol. The molecule has 0 N–H and O–H groups in total. The van der Waals surface area contributed by atoms with Crippen LogP contribution in [0.5, 0.6) is 11.6 Å². The van der Waals surface area contributed by atoms with Crippen molar-refractivity contribution in [1.29, 1.82) is 0 Å². The Hall–Kier alpha value is -4.13. The van der Waals surface area contributed by atoms with Gasteiger partial charge in [0, 0.05) is 48.4 Å². The lowest BCUT2D eigenvalue weighted by Crippen LogP contribution is -2.27. The summed E-state index contributed by atoms with van der Waals surface area (Å²) in [7, 11) is 5.21. The number of hydrogen-bond donors (Lipinski definition) is 0. The van der Waals surface area contributed by atoms with Gasteiger partial charge >= 0.3 is 0 Å². The molecule has 0 aliphatic carbocycles. The van der Waals surface area contributed by atoms with Crippen molar-refractivity contribution in [3.63, 3.8) is 0 Å². The third-order valence-electron chi connectivity index (χ3n) is 6.00. The first-order chi connectivity index (χ1) is 16.1. The lowest BCUT2D eigenvalue weighted by Gasteiger charge is -2.21. The maximum Gasteiger partial charge on any atom is 0.276 e. The molecule has 0 saturated carbocycles. The third-order valence-corrected chi connectivity index (χ3v) is 6.00. The van der Waals surface area contributed by atoms with Gasteiger partial charge in [-0.05, 0) is 29.8 Å². The molecule has 3 heterocycles. The Labute approximate surface area is 191 Å². The number of carbonyl (C=O) groups excluding carboxylic acids is 1. The van der Waals surface area contributed by atoms with Crippen LogP contribution in [-0.4, -0.2) is 40.4 Å². The molecule has 1 unspecified atom stereocenters. The molecule has 0 spiro atoms. The summed E-state index contributed by atoms with van der Waals surface area (Å²) in [5, 5.41) is 7.42. The van der Waals surface area contributed by atoms with Gasteiger partial charge in [-0.25, -0.2) is 9.99 Å². The second kappa shape index (κ2) is 8.43. The molecule has 2 aromatic carbocycles. The van der Waals surface area contributed by atoms with Crippen LogP contribution in [0.1, 0.15) is 33.9 Å². The minimum Gasteiger partial charge on any atom is -0.497 e. The average Bonchev–Trinajstić information content (AvgIpc) is 3.45. The Morgan fingerprint density at radius 3 is 2.55 bits per heavy atom. The summed E-state index contributed by atoms with van der Waals surface area (Å²) >= 11 is 0. The number of methoxy groups -OCH3 is 2. The van der Waals surface area contributed by atoms with E-state index in [2.05, 4.69) is 15.7 Å². The van der Waals surface area contributed by atoms with E-state index in [4.69, 9.17) is 14.6 Å². The molecule has 0 radical (unpaired) electrons. The molecular weight excluding hydrogens is 416 g/mol. The van der Waals surface area contributed by atoms with Crippen molar-refractivity contribution in [1.82, 2.24) is 14.6 Å². The molecule has 7 nitrogen and oxygen atoms in total. The maximum absolute atomic E-state index is 13.6. The van der Waals surface area contributed by atoms with Gasteiger partial charge in [0.25, 0.3) is 5.91 Å². The van der Waals surface area contributed by atoms with Crippen LogP contribution in [0.3, 0.4) is 0 Å². The van der Waals surface area contributed by atoms with Gasteiger partial charge in [0.1, 0.15) is 5.75 Å². The summed E-state index contributed by atoms with van der Waals surface area (Å²) in [6.07, 6.45) is 4.21. The average molecular weight is 441 g/mol. The number of aryl methyl sites for hydroxylation is 1. The Bertz CT molecular complexity index is 1340. The first kappa shape index (κ1) is 20.8. The van der Waals surface area contributed by atoms with E-state index < -0.39 is 0 Å². The lowest BCUT2D eigenvalue weighted by atomic mass is 9.97. The van der Waals surface area contributed by atoms with E-state index in [9.17, 15) is 4.79 Å². The van der Waals surface area contributed by atoms with E-state index in [0.29, 0.717) is 17.9 Å². The second-order valence-electron chi connectivity index (χ2n) is 7.95. The molecule has 33 heavy (non-hydrogen) atoms. The van der Waals surface area contributed by atoms with Crippen molar-refractivity contribution in [2.75, 3.05) is 14.2 Å². The molecule has 2 aromatic heterocycles. The summed E-state index contributed by atoms with van der Waals surface area (Å²) in [5.41, 5.74) is 4.42. The number of aromatic nitrogens is 2. The number of hydrogen-bond acceptors (Lipinski definition) is 5. The van der Waals surface area contributed by atoms with Gasteiger partial charge in [-0.15, -0.1) is 0 Å². The van der Waals surface area contributed by atoms with Crippen molar-refractivity contribution in [2.24, 2.45) is 12.1 Å². The lowest BCUT2D eigenvalue weighted by molar-refractivity contribution is 0.0711. The van der Waals surface area contributed by atoms with Crippen LogP contribution in [0.2, 0.25) is 0 Å². The highest BCUT2D eigenvalue weighted by molar-refractivity contribution is 6.05. The summed E-state index contributed by atoms with van der Waals surface area (Å²) < 4.78 is 12.7. The smallest absolute Gasteiger partial charge is 0.276 e. The fourth-order valence-electron chi connectivity index (χ4n) is 4.30. The van der Waals surface area contributed by atoms with Crippen molar-refractivity contribution < 1.29 is 14.3 Å². The van der Waals surface area contributed by atoms with Crippen LogP contribution in [0, 0.1) is 0 Å². The number of pyridine rings is 1. The van der Waals surface area contributed by atoms with E-state index in [-0.39, 0.29) is 11.9 Å². The molecule has 1 atom stereocenters. The largest absolute Gasteiger partial charge is 0.497 e. The van der Waals surface area contributed by atoms with E-state index in [0.717, 1.165) is 33.5 Å². The van der Waals surface area contributed by atoms with Gasteiger partial charge in [0.15, 0.2) is 0 Å². The normalized spacial score (nSPS) is 15.5. The predicted octanol–water partition coefficient (Wildman–Crippen LogP) is 4.58. The molecular formula is C26H24N4O3. The number of amides is 1. The zero-order valence-electron chi connectivity index (χ0n) is 18.7. The first-order valence-electron chi connectivity index (χ1n) is 10.7. The van der Waals surface area contributed by atoms with Gasteiger partial charge in [0.2, 0.25) is 5.88 Å². The molecule has 0 fully saturated rings. The summed E-state index contributed by atoms with van der Waals surface area (Å²) in [6, 6.07) is 19.1. The third kappa shape index (κ3) is 3.71. The van der Waals surface area contributed by atoms with E-state index in [1.165, 1.54) is 6.20 Å². The van der Waals surface area contributed by atoms with Gasteiger partial charge in [-0.1, -0.05) is 30.3 Å². The first-order valence-corrected chi connectivity index (χ1v) is 10.7. The Kier molecular flexibility index (Phi) is 5.30. The number of nitrogens with zero attached hydrogens (tertiary/aromatic N) is 4. The zero-order chi connectivity index (χ0) is 22.9. The molecule has 166 valence electrons. The number of ether oxygens (including phenoxy) is 2. The van der Waals surface area contributed by atoms with Gasteiger partial charge < -0.3 is 14.0 Å². The van der Waals surface area contributed by atoms with E-state index in [1.54, 1.807) is 31.4 Å². The fraction of sp³-hybridized carbons (Fsp3) is 0.192. The van der Waals surface area contributed by atoms with Gasteiger partial charge in [0.05, 0.1) is 31.5 Å². The number of benzene rings is 2. The minimum absolute atomic E-state index is 0.207. The number of hydrazone groups is 1. The number of fused-ring (bicyclic) bond motifs is 1. The summed E-state index contributed by atoms with van der Waals surface area (Å²) in [5.74, 6) is 1.02. The topological polar surface area (TPSA) is 68.9 Å². The standard InChI is InChI=1S/C26H24N4O3/c1-29-16-21(20-13-19(32-2)10-11-23(20)29)24-14-22(17-7-5-4-6-8-17)28-30(24)26(31)18-9-12-25(33-3)27-15-18/h4-13,15-16,24H,14H2,1-3H3. The summed E-state index contributed by atoms with van der Waals surface area (Å²) in [4.78, 5) is 17.8. The molecule has 1 aliphatic rings. The molecule has 1 amide bonds. The molecule has 0 bridgehead atoms. The SMILES string of the molecule is COc1ccc2c(c1)c(C1CC(c3ccccc3)=NN1C(=O)c1ccc(OC)nc1)cn2C. The van der Waals surface area contributed by atoms with Crippen molar-refractivity contribution in [3.8, 4) is 11.6 Å². The van der Waals surface area contributed by atoms with Crippen LogP contribution in [0.4, 0.5) is 0 Å². The fourth-order valence-corrected chi connectivity index (χ4v) is 4.30. The number of rotatable bonds is 5. The summed E-state index contributed by atoms with van der Waals surface area (Å²) in [6.45, 7) is 0. The molecule has 1 aliphatic heterocycles. The number of carbonyl (C=O) groups is 1. The molecule has 5 rings (SSSR count). The molecule has 4 aromatic rings. The molecule has 7 heteroatoms. The van der Waals surface area contributed by atoms with Crippen LogP contribution < -0.4 is 9.47 Å². The van der Waals surface area contributed by atoms with Crippen molar-refractivity contribution >= 4 is 22.5 Å². The predicted molar refractivity (Wildman–Crippen MR) is 127 cm³/mol. The Balaban J connectivity index is 1.60.